The predicted molar refractivity (Wildman–Crippen MR) is 97.3 cm³/mol. The molecule has 0 aliphatic carbocycles. The Morgan fingerprint density at radius 2 is 1.89 bits per heavy atom. The van der Waals surface area contributed by atoms with Gasteiger partial charge in [0, 0.05) is 24.6 Å². The standard InChI is InChI=1S/C20H27F5N2O/c1-19(2,3)5-7-27-6-4-13(17(22)12-27)11-26-18(28)14-8-15(20(23,24)25)10-16(21)9-14/h8-10,13,17H,4-7,11-12H2,1-3H3,(H,26,28). The van der Waals surface area contributed by atoms with Crippen LogP contribution in [-0.4, -0.2) is 43.2 Å². The maximum atomic E-state index is 14.5. The molecule has 0 radical (unpaired) electrons. The molecule has 0 bridgehead atoms. The molecule has 1 aromatic carbocycles. The highest BCUT2D eigenvalue weighted by atomic mass is 19.4. The first-order valence-electron chi connectivity index (χ1n) is 9.37. The molecule has 2 atom stereocenters. The SMILES string of the molecule is CC(C)(C)CCN1CCC(CNC(=O)c2cc(F)cc(C(F)(F)F)c2)C(F)C1. The number of piperidine rings is 1. The van der Waals surface area contributed by atoms with Gasteiger partial charge in [-0.2, -0.15) is 13.2 Å². The molecule has 1 amide bonds. The number of nitrogens with zero attached hydrogens (tertiary/aromatic N) is 1. The van der Waals surface area contributed by atoms with E-state index in [2.05, 4.69) is 31.0 Å². The number of nitrogens with one attached hydrogen (secondary N) is 1. The Balaban J connectivity index is 1.89. The zero-order valence-corrected chi connectivity index (χ0v) is 16.4. The minimum Gasteiger partial charge on any atom is -0.352 e. The number of hydrogen-bond donors (Lipinski definition) is 1. The van der Waals surface area contributed by atoms with Gasteiger partial charge in [-0.1, -0.05) is 20.8 Å². The zero-order chi connectivity index (χ0) is 21.1. The van der Waals surface area contributed by atoms with Crippen LogP contribution >= 0.6 is 0 Å². The van der Waals surface area contributed by atoms with E-state index in [9.17, 15) is 26.7 Å². The van der Waals surface area contributed by atoms with Crippen molar-refractivity contribution in [3.63, 3.8) is 0 Å². The van der Waals surface area contributed by atoms with Crippen LogP contribution < -0.4 is 5.32 Å². The Morgan fingerprint density at radius 3 is 2.46 bits per heavy atom. The van der Waals surface area contributed by atoms with Gasteiger partial charge in [-0.05, 0) is 49.5 Å². The van der Waals surface area contributed by atoms with Crippen molar-refractivity contribution in [2.75, 3.05) is 26.2 Å². The van der Waals surface area contributed by atoms with Crippen molar-refractivity contribution in [1.82, 2.24) is 10.2 Å². The monoisotopic (exact) mass is 406 g/mol. The van der Waals surface area contributed by atoms with Crippen LogP contribution in [-0.2, 0) is 6.18 Å². The highest BCUT2D eigenvalue weighted by Gasteiger charge is 2.33. The third kappa shape index (κ3) is 6.72. The van der Waals surface area contributed by atoms with Crippen LogP contribution in [0.4, 0.5) is 22.0 Å². The van der Waals surface area contributed by atoms with Gasteiger partial charge < -0.3 is 10.2 Å². The minimum absolute atomic E-state index is 0.00494. The summed E-state index contributed by atoms with van der Waals surface area (Å²) in [5.41, 5.74) is -1.49. The summed E-state index contributed by atoms with van der Waals surface area (Å²) in [5, 5.41) is 2.44. The Labute approximate surface area is 162 Å². The summed E-state index contributed by atoms with van der Waals surface area (Å²) in [6.45, 7) is 8.15. The normalized spacial score (nSPS) is 21.6. The molecule has 1 saturated heterocycles. The number of alkyl halides is 4. The largest absolute Gasteiger partial charge is 0.416 e. The van der Waals surface area contributed by atoms with E-state index in [4.69, 9.17) is 0 Å². The first-order valence-corrected chi connectivity index (χ1v) is 9.37. The molecule has 1 heterocycles. The van der Waals surface area contributed by atoms with Crippen LogP contribution in [0.3, 0.4) is 0 Å². The lowest BCUT2D eigenvalue weighted by Gasteiger charge is -2.36. The number of hydrogen-bond acceptors (Lipinski definition) is 2. The summed E-state index contributed by atoms with van der Waals surface area (Å²) in [6, 6.07) is 1.68. The fourth-order valence-electron chi connectivity index (χ4n) is 3.15. The van der Waals surface area contributed by atoms with E-state index in [1.54, 1.807) is 0 Å². The number of likely N-dealkylation sites (tertiary alicyclic amines) is 1. The molecule has 0 aromatic heterocycles. The number of halogens is 5. The van der Waals surface area contributed by atoms with Gasteiger partial charge in [0.25, 0.3) is 5.91 Å². The molecule has 3 nitrogen and oxygen atoms in total. The Hall–Kier alpha value is -1.70. The van der Waals surface area contributed by atoms with Gasteiger partial charge >= 0.3 is 6.18 Å². The zero-order valence-electron chi connectivity index (χ0n) is 16.4. The van der Waals surface area contributed by atoms with Crippen molar-refractivity contribution < 1.29 is 26.7 Å². The molecule has 1 fully saturated rings. The summed E-state index contributed by atoms with van der Waals surface area (Å²) >= 11 is 0. The van der Waals surface area contributed by atoms with Crippen LogP contribution in [0.2, 0.25) is 0 Å². The second-order valence-corrected chi connectivity index (χ2v) is 8.61. The van der Waals surface area contributed by atoms with Gasteiger partial charge in [-0.15, -0.1) is 0 Å². The van der Waals surface area contributed by atoms with E-state index in [1.807, 2.05) is 0 Å². The Kier molecular flexibility index (Phi) is 7.07. The molecule has 8 heteroatoms. The van der Waals surface area contributed by atoms with Crippen LogP contribution in [0.25, 0.3) is 0 Å². The summed E-state index contributed by atoms with van der Waals surface area (Å²) < 4.78 is 66.2. The van der Waals surface area contributed by atoms with Crippen molar-refractivity contribution in [1.29, 1.82) is 0 Å². The second kappa shape index (κ2) is 8.76. The molecule has 2 unspecified atom stereocenters. The highest BCUT2D eigenvalue weighted by molar-refractivity contribution is 5.94. The van der Waals surface area contributed by atoms with Crippen molar-refractivity contribution in [3.8, 4) is 0 Å². The van der Waals surface area contributed by atoms with E-state index in [0.29, 0.717) is 25.1 Å². The van der Waals surface area contributed by atoms with Gasteiger partial charge in [-0.3, -0.25) is 4.79 Å². The molecular formula is C20H27F5N2O. The van der Waals surface area contributed by atoms with Gasteiger partial charge in [0.15, 0.2) is 0 Å². The van der Waals surface area contributed by atoms with E-state index in [-0.39, 0.29) is 18.5 Å². The van der Waals surface area contributed by atoms with Crippen LogP contribution in [0.1, 0.15) is 49.5 Å². The van der Waals surface area contributed by atoms with Gasteiger partial charge in [0.05, 0.1) is 5.56 Å². The second-order valence-electron chi connectivity index (χ2n) is 8.61. The molecule has 0 spiro atoms. The summed E-state index contributed by atoms with van der Waals surface area (Å²) in [7, 11) is 0. The van der Waals surface area contributed by atoms with Gasteiger partial charge in [-0.25, -0.2) is 8.78 Å². The molecule has 1 aliphatic heterocycles. The van der Waals surface area contributed by atoms with E-state index >= 15 is 0 Å². The molecule has 0 saturated carbocycles. The van der Waals surface area contributed by atoms with E-state index in [0.717, 1.165) is 19.0 Å². The number of carbonyl (C=O) groups is 1. The molecular weight excluding hydrogens is 379 g/mol. The smallest absolute Gasteiger partial charge is 0.352 e. The fraction of sp³-hybridized carbons (Fsp3) is 0.650. The number of amides is 1. The van der Waals surface area contributed by atoms with E-state index < -0.39 is 41.1 Å². The molecule has 1 aromatic rings. The summed E-state index contributed by atoms with van der Waals surface area (Å²) in [6.07, 6.45) is -4.39. The minimum atomic E-state index is -4.75. The third-order valence-electron chi connectivity index (χ3n) is 4.95. The molecule has 2 rings (SSSR count). The van der Waals surface area contributed by atoms with Crippen molar-refractivity contribution in [3.05, 3.63) is 35.1 Å². The van der Waals surface area contributed by atoms with Gasteiger partial charge in [0.1, 0.15) is 12.0 Å². The number of benzene rings is 1. The lowest BCUT2D eigenvalue weighted by atomic mass is 9.90. The summed E-state index contributed by atoms with van der Waals surface area (Å²) in [5.74, 6) is -2.40. The van der Waals surface area contributed by atoms with E-state index in [1.165, 1.54) is 0 Å². The van der Waals surface area contributed by atoms with Crippen LogP contribution in [0.5, 0.6) is 0 Å². The molecule has 158 valence electrons. The summed E-state index contributed by atoms with van der Waals surface area (Å²) in [4.78, 5) is 14.2. The topological polar surface area (TPSA) is 32.3 Å². The average Bonchev–Trinajstić information content (AvgIpc) is 2.57. The maximum absolute atomic E-state index is 14.5. The molecule has 1 N–H and O–H groups in total. The van der Waals surface area contributed by atoms with Gasteiger partial charge in [0.2, 0.25) is 0 Å². The van der Waals surface area contributed by atoms with Crippen LogP contribution in [0, 0.1) is 17.2 Å². The average molecular weight is 406 g/mol. The third-order valence-corrected chi connectivity index (χ3v) is 4.95. The van der Waals surface area contributed by atoms with Crippen molar-refractivity contribution in [2.45, 2.75) is 46.0 Å². The van der Waals surface area contributed by atoms with Crippen LogP contribution in [0.15, 0.2) is 18.2 Å². The maximum Gasteiger partial charge on any atom is 0.416 e. The number of carbonyl (C=O) groups excluding carboxylic acids is 1. The first-order chi connectivity index (χ1) is 12.8. The molecule has 1 aliphatic rings. The number of rotatable bonds is 5. The lowest BCUT2D eigenvalue weighted by molar-refractivity contribution is -0.137. The fourth-order valence-corrected chi connectivity index (χ4v) is 3.15. The van der Waals surface area contributed by atoms with Crippen molar-refractivity contribution >= 4 is 5.91 Å². The first kappa shape index (κ1) is 22.6. The Bertz CT molecular complexity index is 684. The predicted octanol–water partition coefficient (Wildman–Crippen LogP) is 4.67. The highest BCUT2D eigenvalue weighted by Crippen LogP contribution is 2.30. The van der Waals surface area contributed by atoms with Crippen molar-refractivity contribution in [2.24, 2.45) is 11.3 Å². The lowest BCUT2D eigenvalue weighted by Crippen LogP contribution is -2.46. The Morgan fingerprint density at radius 1 is 1.21 bits per heavy atom. The molecule has 28 heavy (non-hydrogen) atoms. The quantitative estimate of drug-likeness (QED) is 0.721.